The second kappa shape index (κ2) is 7.32. The Morgan fingerprint density at radius 1 is 1.37 bits per heavy atom. The second-order valence-corrected chi connectivity index (χ2v) is 4.54. The number of aliphatic carboxylic acids is 1. The Morgan fingerprint density at radius 2 is 1.84 bits per heavy atom. The van der Waals surface area contributed by atoms with E-state index in [1.165, 1.54) is 0 Å². The zero-order chi connectivity index (χ0) is 15.2. The first-order chi connectivity index (χ1) is 8.57. The molecule has 1 aliphatic heterocycles. The third kappa shape index (κ3) is 6.42. The van der Waals surface area contributed by atoms with Gasteiger partial charge in [-0.05, 0) is 6.92 Å². The quantitative estimate of drug-likeness (QED) is 0.756. The summed E-state index contributed by atoms with van der Waals surface area (Å²) in [5.74, 6) is -2.35. The maximum absolute atomic E-state index is 11.6. The van der Waals surface area contributed by atoms with Crippen molar-refractivity contribution in [2.45, 2.75) is 33.0 Å². The van der Waals surface area contributed by atoms with Gasteiger partial charge < -0.3 is 15.3 Å². The smallest absolute Gasteiger partial charge is 0.475 e. The Balaban J connectivity index is 0.000000399. The molecule has 5 nitrogen and oxygen atoms in total. The van der Waals surface area contributed by atoms with Crippen molar-refractivity contribution in [2.75, 3.05) is 19.6 Å². The number of rotatable bonds is 1. The Bertz CT molecular complexity index is 319. The van der Waals surface area contributed by atoms with E-state index in [9.17, 15) is 18.0 Å². The van der Waals surface area contributed by atoms with E-state index in [1.807, 2.05) is 18.7 Å². The Hall–Kier alpha value is -1.31. The highest BCUT2D eigenvalue weighted by Gasteiger charge is 2.38. The summed E-state index contributed by atoms with van der Waals surface area (Å²) in [5, 5.41) is 10.4. The van der Waals surface area contributed by atoms with Crippen LogP contribution in [-0.4, -0.2) is 53.7 Å². The summed E-state index contributed by atoms with van der Waals surface area (Å²) in [7, 11) is 0. The molecule has 1 saturated heterocycles. The van der Waals surface area contributed by atoms with Crippen molar-refractivity contribution >= 4 is 11.9 Å². The van der Waals surface area contributed by atoms with Crippen LogP contribution in [-0.2, 0) is 9.59 Å². The van der Waals surface area contributed by atoms with Crippen molar-refractivity contribution in [1.82, 2.24) is 10.2 Å². The van der Waals surface area contributed by atoms with Gasteiger partial charge in [-0.3, -0.25) is 4.79 Å². The predicted octanol–water partition coefficient (Wildman–Crippen LogP) is 1.10. The summed E-state index contributed by atoms with van der Waals surface area (Å²) in [5.41, 5.74) is 0. The topological polar surface area (TPSA) is 69.6 Å². The lowest BCUT2D eigenvalue weighted by Crippen LogP contribution is -2.53. The average Bonchev–Trinajstić information content (AvgIpc) is 2.28. The van der Waals surface area contributed by atoms with Crippen LogP contribution in [0.3, 0.4) is 0 Å². The van der Waals surface area contributed by atoms with Crippen molar-refractivity contribution in [3.63, 3.8) is 0 Å². The molecular weight excluding hydrogens is 265 g/mol. The molecule has 8 heteroatoms. The minimum atomic E-state index is -5.08. The SMILES string of the molecule is CC(C)C(=O)N1CCNCC1C.O=C(O)C(F)(F)F. The summed E-state index contributed by atoms with van der Waals surface area (Å²) in [6, 6.07) is 0.355. The molecular formula is C11H19F3N2O3. The number of hydrogen-bond acceptors (Lipinski definition) is 3. The molecule has 0 aliphatic carbocycles. The van der Waals surface area contributed by atoms with Gasteiger partial charge in [0, 0.05) is 31.6 Å². The number of alkyl halides is 3. The Morgan fingerprint density at radius 3 is 2.16 bits per heavy atom. The summed E-state index contributed by atoms with van der Waals surface area (Å²) < 4.78 is 31.7. The summed E-state index contributed by atoms with van der Waals surface area (Å²) in [6.45, 7) is 8.72. The molecule has 1 aliphatic rings. The van der Waals surface area contributed by atoms with E-state index >= 15 is 0 Å². The number of carbonyl (C=O) groups is 2. The fourth-order valence-corrected chi connectivity index (χ4v) is 1.50. The van der Waals surface area contributed by atoms with Crippen LogP contribution in [0.15, 0.2) is 0 Å². The predicted molar refractivity (Wildman–Crippen MR) is 62.6 cm³/mol. The van der Waals surface area contributed by atoms with Gasteiger partial charge in [-0.15, -0.1) is 0 Å². The molecule has 112 valence electrons. The minimum Gasteiger partial charge on any atom is -0.475 e. The van der Waals surface area contributed by atoms with Gasteiger partial charge in [-0.2, -0.15) is 13.2 Å². The molecule has 0 bridgehead atoms. The first kappa shape index (κ1) is 17.7. The Kier molecular flexibility index (Phi) is 6.82. The number of nitrogens with one attached hydrogen (secondary N) is 1. The highest BCUT2D eigenvalue weighted by Crippen LogP contribution is 2.13. The number of carboxylic acid groups (broad SMARTS) is 1. The second-order valence-electron chi connectivity index (χ2n) is 4.54. The van der Waals surface area contributed by atoms with Crippen LogP contribution in [0.4, 0.5) is 13.2 Å². The fraction of sp³-hybridized carbons (Fsp3) is 0.818. The fourth-order valence-electron chi connectivity index (χ4n) is 1.50. The zero-order valence-corrected chi connectivity index (χ0v) is 11.1. The van der Waals surface area contributed by atoms with E-state index < -0.39 is 12.1 Å². The number of carbonyl (C=O) groups excluding carboxylic acids is 1. The number of hydrogen-bond donors (Lipinski definition) is 2. The third-order valence-electron chi connectivity index (χ3n) is 2.52. The van der Waals surface area contributed by atoms with Gasteiger partial charge in [0.2, 0.25) is 5.91 Å². The first-order valence-corrected chi connectivity index (χ1v) is 5.88. The van der Waals surface area contributed by atoms with Gasteiger partial charge >= 0.3 is 12.1 Å². The van der Waals surface area contributed by atoms with Crippen LogP contribution < -0.4 is 5.32 Å². The minimum absolute atomic E-state index is 0.130. The lowest BCUT2D eigenvalue weighted by molar-refractivity contribution is -0.192. The van der Waals surface area contributed by atoms with Gasteiger partial charge in [0.05, 0.1) is 0 Å². The zero-order valence-electron chi connectivity index (χ0n) is 11.1. The van der Waals surface area contributed by atoms with Gasteiger partial charge in [-0.1, -0.05) is 13.8 Å². The molecule has 1 amide bonds. The maximum Gasteiger partial charge on any atom is 0.490 e. The first-order valence-electron chi connectivity index (χ1n) is 5.88. The molecule has 0 saturated carbocycles. The van der Waals surface area contributed by atoms with Gasteiger partial charge in [0.15, 0.2) is 0 Å². The summed E-state index contributed by atoms with van der Waals surface area (Å²) in [4.78, 5) is 22.5. The summed E-state index contributed by atoms with van der Waals surface area (Å²) in [6.07, 6.45) is -5.08. The largest absolute Gasteiger partial charge is 0.490 e. The molecule has 2 N–H and O–H groups in total. The van der Waals surface area contributed by atoms with E-state index in [0.29, 0.717) is 6.04 Å². The molecule has 0 spiro atoms. The number of carboxylic acids is 1. The average molecular weight is 284 g/mol. The van der Waals surface area contributed by atoms with Crippen molar-refractivity contribution in [3.05, 3.63) is 0 Å². The van der Waals surface area contributed by atoms with E-state index in [1.54, 1.807) is 0 Å². The van der Waals surface area contributed by atoms with Crippen LogP contribution in [0.2, 0.25) is 0 Å². The van der Waals surface area contributed by atoms with Gasteiger partial charge in [-0.25, -0.2) is 4.79 Å². The third-order valence-corrected chi connectivity index (χ3v) is 2.52. The van der Waals surface area contributed by atoms with Crippen LogP contribution >= 0.6 is 0 Å². The molecule has 0 aromatic heterocycles. The van der Waals surface area contributed by atoms with Crippen molar-refractivity contribution in [2.24, 2.45) is 5.92 Å². The van der Waals surface area contributed by atoms with E-state index in [0.717, 1.165) is 19.6 Å². The van der Waals surface area contributed by atoms with E-state index in [-0.39, 0.29) is 11.8 Å². The molecule has 1 heterocycles. The highest BCUT2D eigenvalue weighted by atomic mass is 19.4. The molecule has 0 aromatic carbocycles. The molecule has 1 unspecified atom stereocenters. The molecule has 0 radical (unpaired) electrons. The highest BCUT2D eigenvalue weighted by molar-refractivity contribution is 5.78. The van der Waals surface area contributed by atoms with E-state index in [2.05, 4.69) is 12.2 Å². The normalized spacial score (nSPS) is 19.7. The number of nitrogens with zero attached hydrogens (tertiary/aromatic N) is 1. The van der Waals surface area contributed by atoms with Crippen molar-refractivity contribution in [3.8, 4) is 0 Å². The van der Waals surface area contributed by atoms with Crippen LogP contribution in [0.5, 0.6) is 0 Å². The number of halogens is 3. The standard InChI is InChI=1S/C9H18N2O.C2HF3O2/c1-7(2)9(12)11-5-4-10-6-8(11)3;3-2(4,5)1(6)7/h7-8,10H,4-6H2,1-3H3;(H,6,7). The van der Waals surface area contributed by atoms with Gasteiger partial charge in [0.1, 0.15) is 0 Å². The van der Waals surface area contributed by atoms with Crippen molar-refractivity contribution in [1.29, 1.82) is 0 Å². The lowest BCUT2D eigenvalue weighted by atomic mass is 10.1. The van der Waals surface area contributed by atoms with Crippen LogP contribution in [0.1, 0.15) is 20.8 Å². The molecule has 1 fully saturated rings. The lowest BCUT2D eigenvalue weighted by Gasteiger charge is -2.35. The van der Waals surface area contributed by atoms with E-state index in [4.69, 9.17) is 9.90 Å². The Labute approximate surface area is 109 Å². The maximum atomic E-state index is 11.6. The molecule has 0 aromatic rings. The molecule has 19 heavy (non-hydrogen) atoms. The molecule has 1 rings (SSSR count). The number of piperazine rings is 1. The summed E-state index contributed by atoms with van der Waals surface area (Å²) >= 11 is 0. The monoisotopic (exact) mass is 284 g/mol. The van der Waals surface area contributed by atoms with Gasteiger partial charge in [0.25, 0.3) is 0 Å². The molecule has 1 atom stereocenters. The van der Waals surface area contributed by atoms with Crippen LogP contribution in [0.25, 0.3) is 0 Å². The van der Waals surface area contributed by atoms with Crippen molar-refractivity contribution < 1.29 is 27.9 Å². The number of amides is 1. The van der Waals surface area contributed by atoms with Crippen LogP contribution in [0, 0.1) is 5.92 Å².